The van der Waals surface area contributed by atoms with Crippen LogP contribution in [0.5, 0.6) is 0 Å². The van der Waals surface area contributed by atoms with Crippen LogP contribution in [0.1, 0.15) is 24.7 Å². The van der Waals surface area contributed by atoms with Gasteiger partial charge in [0.2, 0.25) is 0 Å². The Balaban J connectivity index is 1.99. The molecule has 0 spiro atoms. The second-order valence-electron chi connectivity index (χ2n) is 4.76. The molecule has 6 nitrogen and oxygen atoms in total. The van der Waals surface area contributed by atoms with Gasteiger partial charge in [-0.15, -0.1) is 0 Å². The molecule has 1 heterocycles. The fourth-order valence-corrected chi connectivity index (χ4v) is 2.04. The van der Waals surface area contributed by atoms with Gasteiger partial charge in [-0.25, -0.2) is 0 Å². The van der Waals surface area contributed by atoms with E-state index in [1.54, 1.807) is 12.3 Å². The monoisotopic (exact) mass is 285 g/mol. The average Bonchev–Trinajstić information content (AvgIpc) is 2.98. The summed E-state index contributed by atoms with van der Waals surface area (Å²) >= 11 is 0. The zero-order chi connectivity index (χ0) is 15.2. The van der Waals surface area contributed by atoms with Crippen LogP contribution < -0.4 is 5.32 Å². The molecule has 2 rings (SSSR count). The largest absolute Gasteiger partial charge is 0.469 e. The summed E-state index contributed by atoms with van der Waals surface area (Å²) in [6.45, 7) is 2.01. The molecule has 0 aliphatic carbocycles. The number of rotatable bonds is 6. The summed E-state index contributed by atoms with van der Waals surface area (Å²) in [7, 11) is 0. The van der Waals surface area contributed by atoms with Crippen molar-refractivity contribution in [2.24, 2.45) is 0 Å². The number of nitrogens with one attached hydrogen (secondary N) is 1. The van der Waals surface area contributed by atoms with Crippen LogP contribution in [0.3, 0.4) is 0 Å². The lowest BCUT2D eigenvalue weighted by molar-refractivity contribution is -0.385. The molecule has 0 fully saturated rings. The van der Waals surface area contributed by atoms with E-state index in [4.69, 9.17) is 9.68 Å². The zero-order valence-corrected chi connectivity index (χ0v) is 11.6. The molecular formula is C15H15N3O3. The molecule has 1 aromatic heterocycles. The molecule has 6 heteroatoms. The van der Waals surface area contributed by atoms with Crippen molar-refractivity contribution in [2.45, 2.75) is 25.8 Å². The van der Waals surface area contributed by atoms with E-state index in [0.717, 1.165) is 18.6 Å². The Bertz CT molecular complexity index is 659. The van der Waals surface area contributed by atoms with E-state index in [-0.39, 0.29) is 17.3 Å². The number of nitriles is 1. The first-order chi connectivity index (χ1) is 10.1. The number of nitrogens with zero attached hydrogens (tertiary/aromatic N) is 2. The highest BCUT2D eigenvalue weighted by atomic mass is 16.6. The Morgan fingerprint density at radius 2 is 2.29 bits per heavy atom. The molecular weight excluding hydrogens is 270 g/mol. The van der Waals surface area contributed by atoms with Crippen LogP contribution in [-0.2, 0) is 6.42 Å². The molecule has 1 atom stereocenters. The summed E-state index contributed by atoms with van der Waals surface area (Å²) in [5.41, 5.74) is 0.582. The molecule has 1 N–H and O–H groups in total. The first kappa shape index (κ1) is 14.6. The fourth-order valence-electron chi connectivity index (χ4n) is 2.04. The van der Waals surface area contributed by atoms with Gasteiger partial charge in [-0.3, -0.25) is 10.1 Å². The summed E-state index contributed by atoms with van der Waals surface area (Å²) in [6.07, 6.45) is 3.30. The summed E-state index contributed by atoms with van der Waals surface area (Å²) in [5, 5.41) is 23.0. The molecule has 0 aliphatic rings. The van der Waals surface area contributed by atoms with Crippen LogP contribution in [-0.4, -0.2) is 11.0 Å². The second kappa shape index (κ2) is 6.57. The smallest absolute Gasteiger partial charge is 0.287 e. The van der Waals surface area contributed by atoms with Crippen LogP contribution in [0.25, 0.3) is 0 Å². The number of benzene rings is 1. The lowest BCUT2D eigenvalue weighted by atomic mass is 10.1. The number of nitro groups is 1. The van der Waals surface area contributed by atoms with Gasteiger partial charge in [0.15, 0.2) is 0 Å². The first-order valence-corrected chi connectivity index (χ1v) is 6.57. The van der Waals surface area contributed by atoms with E-state index in [1.165, 1.54) is 12.1 Å². The van der Waals surface area contributed by atoms with Gasteiger partial charge in [-0.1, -0.05) is 0 Å². The predicted molar refractivity (Wildman–Crippen MR) is 77.9 cm³/mol. The third-order valence-electron chi connectivity index (χ3n) is 3.13. The van der Waals surface area contributed by atoms with Gasteiger partial charge in [-0.05, 0) is 37.6 Å². The van der Waals surface area contributed by atoms with E-state index >= 15 is 0 Å². The molecule has 0 aliphatic heterocycles. The van der Waals surface area contributed by atoms with Crippen LogP contribution >= 0.6 is 0 Å². The fraction of sp³-hybridized carbons (Fsp3) is 0.267. The second-order valence-corrected chi connectivity index (χ2v) is 4.76. The summed E-state index contributed by atoms with van der Waals surface area (Å²) < 4.78 is 5.27. The van der Waals surface area contributed by atoms with Crippen molar-refractivity contribution in [1.29, 1.82) is 5.26 Å². The summed E-state index contributed by atoms with van der Waals surface area (Å²) in [5.74, 6) is 0.921. The van der Waals surface area contributed by atoms with Gasteiger partial charge in [0.05, 0.1) is 11.2 Å². The maximum Gasteiger partial charge on any atom is 0.287 e. The molecule has 0 bridgehead atoms. The number of hydrogen-bond donors (Lipinski definition) is 1. The Hall–Kier alpha value is -2.81. The van der Waals surface area contributed by atoms with Gasteiger partial charge in [0, 0.05) is 24.2 Å². The van der Waals surface area contributed by atoms with Gasteiger partial charge in [-0.2, -0.15) is 5.26 Å². The number of aryl methyl sites for hydroxylation is 1. The lowest BCUT2D eigenvalue weighted by Crippen LogP contribution is -2.16. The minimum Gasteiger partial charge on any atom is -0.469 e. The minimum absolute atomic E-state index is 0.0586. The molecule has 2 aromatic rings. The normalized spacial score (nSPS) is 11.6. The maximum absolute atomic E-state index is 10.8. The van der Waals surface area contributed by atoms with Crippen molar-refractivity contribution in [2.75, 3.05) is 5.32 Å². The highest BCUT2D eigenvalue weighted by molar-refractivity contribution is 5.58. The van der Waals surface area contributed by atoms with Gasteiger partial charge in [0.25, 0.3) is 5.69 Å². The molecule has 0 saturated heterocycles. The standard InChI is InChI=1S/C15H15N3O3/c1-11(4-6-14-3-2-8-21-14)17-13-5-7-15(18(19)20)12(9-13)10-16/h2-3,5,7-9,11,17H,4,6H2,1H3. The molecule has 1 aromatic carbocycles. The average molecular weight is 285 g/mol. The summed E-state index contributed by atoms with van der Waals surface area (Å²) in [4.78, 5) is 10.2. The van der Waals surface area contributed by atoms with E-state index in [1.807, 2.05) is 25.1 Å². The molecule has 1 unspecified atom stereocenters. The van der Waals surface area contributed by atoms with Crippen molar-refractivity contribution in [3.63, 3.8) is 0 Å². The Morgan fingerprint density at radius 1 is 1.48 bits per heavy atom. The van der Waals surface area contributed by atoms with E-state index in [2.05, 4.69) is 5.32 Å². The number of furan rings is 1. The van der Waals surface area contributed by atoms with E-state index in [0.29, 0.717) is 5.69 Å². The highest BCUT2D eigenvalue weighted by Gasteiger charge is 2.14. The number of anilines is 1. The van der Waals surface area contributed by atoms with Gasteiger partial charge >= 0.3 is 0 Å². The lowest BCUT2D eigenvalue weighted by Gasteiger charge is -2.14. The van der Waals surface area contributed by atoms with Gasteiger partial charge < -0.3 is 9.73 Å². The van der Waals surface area contributed by atoms with Crippen molar-refractivity contribution in [3.05, 3.63) is 58.0 Å². The van der Waals surface area contributed by atoms with Crippen molar-refractivity contribution < 1.29 is 9.34 Å². The third kappa shape index (κ3) is 3.83. The Kier molecular flexibility index (Phi) is 4.57. The number of hydrogen-bond acceptors (Lipinski definition) is 5. The topological polar surface area (TPSA) is 92.1 Å². The molecule has 0 saturated carbocycles. The van der Waals surface area contributed by atoms with Crippen molar-refractivity contribution in [3.8, 4) is 6.07 Å². The Morgan fingerprint density at radius 3 is 2.90 bits per heavy atom. The SMILES string of the molecule is CC(CCc1ccco1)Nc1ccc([N+](=O)[O-])c(C#N)c1. The predicted octanol–water partition coefficient (Wildman–Crippen LogP) is 3.49. The van der Waals surface area contributed by atoms with E-state index in [9.17, 15) is 10.1 Å². The quantitative estimate of drug-likeness (QED) is 0.647. The van der Waals surface area contributed by atoms with Crippen LogP contribution in [0, 0.1) is 21.4 Å². The first-order valence-electron chi connectivity index (χ1n) is 6.57. The molecule has 0 amide bonds. The van der Waals surface area contributed by atoms with Crippen LogP contribution in [0.2, 0.25) is 0 Å². The molecule has 0 radical (unpaired) electrons. The zero-order valence-electron chi connectivity index (χ0n) is 11.6. The third-order valence-corrected chi connectivity index (χ3v) is 3.13. The maximum atomic E-state index is 10.8. The van der Waals surface area contributed by atoms with Crippen molar-refractivity contribution >= 4 is 11.4 Å². The minimum atomic E-state index is -0.553. The summed E-state index contributed by atoms with van der Waals surface area (Å²) in [6, 6.07) is 10.2. The van der Waals surface area contributed by atoms with Gasteiger partial charge in [0.1, 0.15) is 17.4 Å². The highest BCUT2D eigenvalue weighted by Crippen LogP contribution is 2.22. The van der Waals surface area contributed by atoms with Crippen LogP contribution in [0.4, 0.5) is 11.4 Å². The van der Waals surface area contributed by atoms with Crippen molar-refractivity contribution in [1.82, 2.24) is 0 Å². The molecule has 108 valence electrons. The number of nitro benzene ring substituents is 1. The van der Waals surface area contributed by atoms with Crippen LogP contribution in [0.15, 0.2) is 41.0 Å². The molecule has 21 heavy (non-hydrogen) atoms. The Labute approximate surface area is 122 Å². The van der Waals surface area contributed by atoms with E-state index < -0.39 is 4.92 Å².